The number of thioether (sulfide) groups is 1. The fourth-order valence-corrected chi connectivity index (χ4v) is 4.02. The molecule has 0 aliphatic heterocycles. The molecule has 2 aromatic heterocycles. The van der Waals surface area contributed by atoms with Crippen molar-refractivity contribution in [1.29, 1.82) is 0 Å². The molecule has 4 aromatic rings. The SMILES string of the molecule is CCn1cc(-c2nnc(SCc3ccccc3F)n2C)c2ccccc21. The van der Waals surface area contributed by atoms with Gasteiger partial charge in [-0.05, 0) is 24.6 Å². The van der Waals surface area contributed by atoms with Gasteiger partial charge in [-0.1, -0.05) is 48.2 Å². The summed E-state index contributed by atoms with van der Waals surface area (Å²) in [6.45, 7) is 3.02. The molecule has 0 bridgehead atoms. The van der Waals surface area contributed by atoms with Gasteiger partial charge in [0.1, 0.15) is 5.82 Å². The van der Waals surface area contributed by atoms with Gasteiger partial charge >= 0.3 is 0 Å². The molecule has 0 aliphatic carbocycles. The summed E-state index contributed by atoms with van der Waals surface area (Å²) in [4.78, 5) is 0. The molecule has 0 radical (unpaired) electrons. The molecule has 0 spiro atoms. The first-order valence-corrected chi connectivity index (χ1v) is 9.51. The van der Waals surface area contributed by atoms with Gasteiger partial charge in [-0.3, -0.25) is 0 Å². The summed E-state index contributed by atoms with van der Waals surface area (Å²) in [6.07, 6.45) is 2.12. The van der Waals surface area contributed by atoms with Gasteiger partial charge in [-0.25, -0.2) is 4.39 Å². The Hall–Kier alpha value is -2.60. The van der Waals surface area contributed by atoms with Crippen LogP contribution in [0.2, 0.25) is 0 Å². The van der Waals surface area contributed by atoms with E-state index in [1.807, 2.05) is 29.8 Å². The number of aromatic nitrogens is 4. The van der Waals surface area contributed by atoms with E-state index in [9.17, 15) is 4.39 Å². The standard InChI is InChI=1S/C20H19FN4S/c1-3-25-12-16(15-9-5-7-11-18(15)25)19-22-23-20(24(19)2)26-13-14-8-4-6-10-17(14)21/h4-12H,3,13H2,1-2H3. The van der Waals surface area contributed by atoms with Gasteiger partial charge in [0.15, 0.2) is 11.0 Å². The summed E-state index contributed by atoms with van der Waals surface area (Å²) in [5, 5.41) is 10.7. The first-order chi connectivity index (χ1) is 12.7. The van der Waals surface area contributed by atoms with E-state index >= 15 is 0 Å². The van der Waals surface area contributed by atoms with Gasteiger partial charge in [0, 0.05) is 42.0 Å². The highest BCUT2D eigenvalue weighted by atomic mass is 32.2. The lowest BCUT2D eigenvalue weighted by molar-refractivity contribution is 0.617. The smallest absolute Gasteiger partial charge is 0.191 e. The monoisotopic (exact) mass is 366 g/mol. The normalized spacial score (nSPS) is 11.3. The second-order valence-electron chi connectivity index (χ2n) is 6.09. The highest BCUT2D eigenvalue weighted by molar-refractivity contribution is 7.98. The number of benzene rings is 2. The van der Waals surface area contributed by atoms with Crippen molar-refractivity contribution >= 4 is 22.7 Å². The van der Waals surface area contributed by atoms with E-state index in [1.54, 1.807) is 12.1 Å². The third kappa shape index (κ3) is 2.90. The number of aryl methyl sites for hydroxylation is 1. The van der Waals surface area contributed by atoms with Crippen LogP contribution in [0, 0.1) is 5.82 Å². The average Bonchev–Trinajstić information content (AvgIpc) is 3.21. The molecule has 2 aromatic carbocycles. The Kier molecular flexibility index (Phi) is 4.51. The summed E-state index contributed by atoms with van der Waals surface area (Å²) in [6, 6.07) is 15.1. The lowest BCUT2D eigenvalue weighted by Crippen LogP contribution is -1.95. The summed E-state index contributed by atoms with van der Waals surface area (Å²) in [5.41, 5.74) is 2.92. The highest BCUT2D eigenvalue weighted by Crippen LogP contribution is 2.31. The van der Waals surface area contributed by atoms with Crippen LogP contribution < -0.4 is 0 Å². The molecule has 132 valence electrons. The molecule has 2 heterocycles. The fraction of sp³-hybridized carbons (Fsp3) is 0.200. The predicted molar refractivity (Wildman–Crippen MR) is 104 cm³/mol. The Morgan fingerprint density at radius 3 is 2.62 bits per heavy atom. The molecule has 0 saturated carbocycles. The molecule has 0 atom stereocenters. The topological polar surface area (TPSA) is 35.6 Å². The lowest BCUT2D eigenvalue weighted by Gasteiger charge is -2.04. The van der Waals surface area contributed by atoms with Crippen molar-refractivity contribution in [3.63, 3.8) is 0 Å². The number of nitrogens with zero attached hydrogens (tertiary/aromatic N) is 4. The molecular weight excluding hydrogens is 347 g/mol. The van der Waals surface area contributed by atoms with E-state index in [1.165, 1.54) is 23.3 Å². The molecule has 0 fully saturated rings. The summed E-state index contributed by atoms with van der Waals surface area (Å²) in [7, 11) is 1.96. The number of hydrogen-bond donors (Lipinski definition) is 0. The average molecular weight is 366 g/mol. The highest BCUT2D eigenvalue weighted by Gasteiger charge is 2.17. The molecule has 0 N–H and O–H groups in total. The van der Waals surface area contributed by atoms with Crippen molar-refractivity contribution in [3.8, 4) is 11.4 Å². The van der Waals surface area contributed by atoms with Crippen LogP contribution >= 0.6 is 11.8 Å². The van der Waals surface area contributed by atoms with E-state index < -0.39 is 0 Å². The Balaban J connectivity index is 1.67. The minimum atomic E-state index is -0.187. The summed E-state index contributed by atoms with van der Waals surface area (Å²) >= 11 is 1.49. The zero-order chi connectivity index (χ0) is 18.1. The van der Waals surface area contributed by atoms with Gasteiger partial charge in [-0.2, -0.15) is 0 Å². The maximum Gasteiger partial charge on any atom is 0.191 e. The number of hydrogen-bond acceptors (Lipinski definition) is 3. The number of fused-ring (bicyclic) bond motifs is 1. The quantitative estimate of drug-likeness (QED) is 0.472. The maximum atomic E-state index is 13.8. The van der Waals surface area contributed by atoms with Crippen molar-refractivity contribution in [3.05, 3.63) is 66.1 Å². The summed E-state index contributed by atoms with van der Waals surface area (Å²) in [5.74, 6) is 1.16. The Bertz CT molecular complexity index is 1070. The largest absolute Gasteiger partial charge is 0.347 e. The van der Waals surface area contributed by atoms with Gasteiger partial charge in [0.25, 0.3) is 0 Å². The maximum absolute atomic E-state index is 13.8. The van der Waals surface area contributed by atoms with Gasteiger partial charge < -0.3 is 9.13 Å². The molecule has 26 heavy (non-hydrogen) atoms. The molecule has 0 unspecified atom stereocenters. The zero-order valence-electron chi connectivity index (χ0n) is 14.7. The van der Waals surface area contributed by atoms with Crippen LogP contribution in [0.1, 0.15) is 12.5 Å². The van der Waals surface area contributed by atoms with Crippen LogP contribution in [0.4, 0.5) is 4.39 Å². The molecule has 6 heteroatoms. The second kappa shape index (κ2) is 6.96. The molecular formula is C20H19FN4S. The number of halogens is 1. The minimum absolute atomic E-state index is 0.187. The van der Waals surface area contributed by atoms with Gasteiger partial charge in [0.2, 0.25) is 0 Å². The molecule has 4 nitrogen and oxygen atoms in total. The lowest BCUT2D eigenvalue weighted by atomic mass is 10.1. The molecule has 4 rings (SSSR count). The predicted octanol–water partition coefficient (Wildman–Crippen LogP) is 4.89. The first kappa shape index (κ1) is 16.8. The van der Waals surface area contributed by atoms with Crippen LogP contribution in [0.25, 0.3) is 22.3 Å². The van der Waals surface area contributed by atoms with Crippen molar-refractivity contribution < 1.29 is 4.39 Å². The molecule has 0 saturated heterocycles. The Labute approximate surface area is 155 Å². The zero-order valence-corrected chi connectivity index (χ0v) is 15.5. The third-order valence-corrected chi connectivity index (χ3v) is 5.59. The molecule has 0 amide bonds. The van der Waals surface area contributed by atoms with Crippen LogP contribution in [-0.2, 0) is 19.3 Å². The fourth-order valence-electron chi connectivity index (χ4n) is 3.12. The van der Waals surface area contributed by atoms with Crippen molar-refractivity contribution in [2.75, 3.05) is 0 Å². The van der Waals surface area contributed by atoms with Crippen LogP contribution in [0.5, 0.6) is 0 Å². The van der Waals surface area contributed by atoms with Gasteiger partial charge in [-0.15, -0.1) is 10.2 Å². The van der Waals surface area contributed by atoms with Gasteiger partial charge in [0.05, 0.1) is 0 Å². The van der Waals surface area contributed by atoms with Crippen molar-refractivity contribution in [1.82, 2.24) is 19.3 Å². The number of rotatable bonds is 5. The van der Waals surface area contributed by atoms with Crippen LogP contribution in [0.15, 0.2) is 59.9 Å². The molecule has 0 aliphatic rings. The van der Waals surface area contributed by atoms with Crippen molar-refractivity contribution in [2.45, 2.75) is 24.4 Å². The van der Waals surface area contributed by atoms with E-state index in [4.69, 9.17) is 0 Å². The van der Waals surface area contributed by atoms with Crippen molar-refractivity contribution in [2.24, 2.45) is 7.05 Å². The van der Waals surface area contributed by atoms with E-state index in [0.717, 1.165) is 28.5 Å². The number of para-hydroxylation sites is 1. The Morgan fingerprint density at radius 1 is 1.04 bits per heavy atom. The Morgan fingerprint density at radius 2 is 1.81 bits per heavy atom. The first-order valence-electron chi connectivity index (χ1n) is 8.53. The van der Waals surface area contributed by atoms with Crippen LogP contribution in [0.3, 0.4) is 0 Å². The summed E-state index contributed by atoms with van der Waals surface area (Å²) < 4.78 is 18.0. The van der Waals surface area contributed by atoms with E-state index in [2.05, 4.69) is 40.0 Å². The van der Waals surface area contributed by atoms with Crippen LogP contribution in [-0.4, -0.2) is 19.3 Å². The third-order valence-electron chi connectivity index (χ3n) is 4.52. The van der Waals surface area contributed by atoms with E-state index in [0.29, 0.717) is 11.3 Å². The van der Waals surface area contributed by atoms with E-state index in [-0.39, 0.29) is 5.82 Å². The minimum Gasteiger partial charge on any atom is -0.347 e. The second-order valence-corrected chi connectivity index (χ2v) is 7.03.